The Hall–Kier alpha value is -9.32. The van der Waals surface area contributed by atoms with Crippen molar-refractivity contribution in [3.8, 4) is 45.6 Å². The van der Waals surface area contributed by atoms with Crippen molar-refractivity contribution in [3.05, 3.63) is 210 Å². The lowest BCUT2D eigenvalue weighted by atomic mass is 9.97. The molecule has 17 heteroatoms. The molecule has 0 bridgehead atoms. The molecule has 0 amide bonds. The van der Waals surface area contributed by atoms with Gasteiger partial charge in [0.2, 0.25) is 0 Å². The van der Waals surface area contributed by atoms with Crippen molar-refractivity contribution >= 4 is 38.9 Å². The van der Waals surface area contributed by atoms with Gasteiger partial charge in [-0.2, -0.15) is 10.2 Å². The smallest absolute Gasteiger partial charge is 0.161 e. The van der Waals surface area contributed by atoms with E-state index < -0.39 is 0 Å². The third kappa shape index (κ3) is 16.6. The van der Waals surface area contributed by atoms with Gasteiger partial charge >= 0.3 is 0 Å². The van der Waals surface area contributed by atoms with Crippen molar-refractivity contribution in [2.24, 2.45) is 5.92 Å². The molecule has 2 saturated heterocycles. The van der Waals surface area contributed by atoms with Gasteiger partial charge in [0.05, 0.1) is 45.7 Å². The van der Waals surface area contributed by atoms with Crippen LogP contribution in [0.5, 0.6) is 0 Å². The van der Waals surface area contributed by atoms with Gasteiger partial charge in [0, 0.05) is 57.9 Å². The third-order valence-electron chi connectivity index (χ3n) is 16.3. The van der Waals surface area contributed by atoms with Crippen molar-refractivity contribution in [1.82, 2.24) is 70.1 Å². The molecule has 15 nitrogen and oxygen atoms in total. The van der Waals surface area contributed by atoms with Crippen molar-refractivity contribution in [2.45, 2.75) is 120 Å². The lowest BCUT2D eigenvalue weighted by molar-refractivity contribution is 0.334. The topological polar surface area (TPSA) is 185 Å². The van der Waals surface area contributed by atoms with Crippen LogP contribution in [0.15, 0.2) is 147 Å². The second-order valence-corrected chi connectivity index (χ2v) is 23.6. The molecule has 2 fully saturated rings. The van der Waals surface area contributed by atoms with E-state index in [0.29, 0.717) is 45.7 Å². The summed E-state index contributed by atoms with van der Waals surface area (Å²) in [6.45, 7) is 37.1. The number of pyridine rings is 4. The molecular formula is C75H89F2N15. The van der Waals surface area contributed by atoms with Crippen LogP contribution >= 0.6 is 0 Å². The molecule has 0 unspecified atom stereocenters. The highest BCUT2D eigenvalue weighted by Crippen LogP contribution is 2.35. The van der Waals surface area contributed by atoms with Gasteiger partial charge < -0.3 is 25.1 Å². The Morgan fingerprint density at radius 3 is 1.60 bits per heavy atom. The van der Waals surface area contributed by atoms with Crippen LogP contribution in [0, 0.1) is 38.3 Å². The van der Waals surface area contributed by atoms with Crippen LogP contribution in [-0.4, -0.2) is 109 Å². The van der Waals surface area contributed by atoms with Crippen molar-refractivity contribution in [3.63, 3.8) is 0 Å². The van der Waals surface area contributed by atoms with Crippen LogP contribution in [0.3, 0.4) is 0 Å². The van der Waals surface area contributed by atoms with Gasteiger partial charge in [-0.05, 0) is 212 Å². The predicted octanol–water partition coefficient (Wildman–Crippen LogP) is 17.3. The summed E-state index contributed by atoms with van der Waals surface area (Å²) in [5.41, 5.74) is 18.8. The molecule has 0 atom stereocenters. The van der Waals surface area contributed by atoms with E-state index in [4.69, 9.17) is 19.9 Å². The van der Waals surface area contributed by atoms with E-state index in [2.05, 4.69) is 101 Å². The molecule has 0 radical (unpaired) electrons. The molecule has 0 aliphatic carbocycles. The Balaban J connectivity index is 0.000000208. The molecule has 0 spiro atoms. The fourth-order valence-corrected chi connectivity index (χ4v) is 12.0. The number of allylic oxidation sites excluding steroid dienone is 5. The van der Waals surface area contributed by atoms with E-state index >= 15 is 0 Å². The average Bonchev–Trinajstić information content (AvgIpc) is 1.63. The molecule has 2 aliphatic heterocycles. The number of halogens is 2. The summed E-state index contributed by atoms with van der Waals surface area (Å²) in [5, 5.41) is 18.7. The number of fused-ring (bicyclic) bond motifs is 2. The first-order chi connectivity index (χ1) is 44.8. The number of likely N-dealkylation sites (tertiary alicyclic amines) is 2. The second-order valence-electron chi connectivity index (χ2n) is 23.6. The molecule has 8 aromatic heterocycles. The fourth-order valence-electron chi connectivity index (χ4n) is 12.0. The highest BCUT2D eigenvalue weighted by atomic mass is 19.1. The first kappa shape index (κ1) is 67.1. The molecule has 478 valence electrons. The number of hydrogen-bond acceptors (Lipinski definition) is 11. The lowest BCUT2D eigenvalue weighted by Gasteiger charge is -2.14. The largest absolute Gasteiger partial charge is 0.358 e. The van der Waals surface area contributed by atoms with Crippen LogP contribution in [0.25, 0.3) is 78.8 Å². The Morgan fingerprint density at radius 2 is 1.11 bits per heavy atom. The number of imidazole rings is 2. The van der Waals surface area contributed by atoms with Gasteiger partial charge in [-0.1, -0.05) is 97.7 Å². The highest BCUT2D eigenvalue weighted by Gasteiger charge is 2.23. The Labute approximate surface area is 540 Å². The zero-order valence-electron chi connectivity index (χ0n) is 55.1. The standard InChI is InChI=1S/C38H43FN8.C33H34FN7.2C2H6/c1-6-10-32(28-18-27(19-30(39)20-28)11-9-16-47-14-7-8-15-47)35-26(5)42-38(44-35)37-36-34(45-46-37)13-12-33(43-36)29-21-31(23-40-22-29)41-25(4)17-24(2)3;1-4-8-26(24-17-23(18-25(34)19-24)9-7-16-41-14-5-6-15-41)30-22(3)36-33(38-30)32-31-29(39-40-32)11-10-28(37-31)27-20-35-13-12-21(27)2;2*1-2/h6,10,12-13,18-24,41H,1,4,7-9,11,14-17H2,2-3,5H3,(H,42,44)(H,45,46);4,8,10-13,17-20H,1,5-7,9,14-16H2,2-3H3,(H,36,38)(H,39,40);2*1-2H3/b32-10-;26-8-;;. The summed E-state index contributed by atoms with van der Waals surface area (Å²) >= 11 is 0. The van der Waals surface area contributed by atoms with Gasteiger partial charge in [-0.25, -0.2) is 28.7 Å². The predicted molar refractivity (Wildman–Crippen MR) is 374 cm³/mol. The van der Waals surface area contributed by atoms with Gasteiger partial charge in [-0.3, -0.25) is 20.2 Å². The maximum Gasteiger partial charge on any atom is 0.161 e. The van der Waals surface area contributed by atoms with Gasteiger partial charge in [0.25, 0.3) is 0 Å². The number of H-pyrrole nitrogens is 4. The molecular weight excluding hydrogens is 1150 g/mol. The van der Waals surface area contributed by atoms with Crippen LogP contribution in [0.2, 0.25) is 0 Å². The molecule has 10 heterocycles. The van der Waals surface area contributed by atoms with Crippen LogP contribution in [-0.2, 0) is 12.8 Å². The quantitative estimate of drug-likeness (QED) is 0.0407. The minimum Gasteiger partial charge on any atom is -0.358 e. The number of benzene rings is 2. The first-order valence-corrected chi connectivity index (χ1v) is 32.6. The van der Waals surface area contributed by atoms with E-state index in [1.54, 1.807) is 55.0 Å². The van der Waals surface area contributed by atoms with Crippen LogP contribution in [0.1, 0.15) is 137 Å². The minimum atomic E-state index is -0.255. The summed E-state index contributed by atoms with van der Waals surface area (Å²) in [7, 11) is 0. The average molecular weight is 1240 g/mol. The second kappa shape index (κ2) is 32.1. The molecule has 12 rings (SSSR count). The number of nitrogens with zero attached hydrogens (tertiary/aromatic N) is 10. The van der Waals surface area contributed by atoms with Gasteiger partial charge in [0.1, 0.15) is 22.7 Å². The summed E-state index contributed by atoms with van der Waals surface area (Å²) in [4.78, 5) is 40.3. The van der Waals surface area contributed by atoms with Gasteiger partial charge in [-0.15, -0.1) is 0 Å². The van der Waals surface area contributed by atoms with Crippen molar-refractivity contribution in [1.29, 1.82) is 0 Å². The van der Waals surface area contributed by atoms with Crippen LogP contribution < -0.4 is 5.32 Å². The zero-order chi connectivity index (χ0) is 65.3. The Kier molecular flexibility index (Phi) is 23.4. The molecule has 2 aliphatic rings. The molecule has 92 heavy (non-hydrogen) atoms. The number of rotatable bonds is 22. The third-order valence-corrected chi connectivity index (χ3v) is 16.3. The number of aromatic amines is 4. The number of nitrogens with one attached hydrogen (secondary N) is 5. The number of aromatic nitrogens is 12. The van der Waals surface area contributed by atoms with Crippen LogP contribution in [0.4, 0.5) is 14.5 Å². The van der Waals surface area contributed by atoms with E-state index in [1.165, 1.54) is 51.9 Å². The SMILES string of the molecule is C=C/C=C(/c1cc(F)cc(CCCN2CCCC2)c1)c1nc(-c2n[nH]c3ccc(-c4cncc(NC(=C)CC(C)C)c4)nc23)[nH]c1C.C=C/C=C(/c1cc(F)cc(CCCN2CCCC2)c1)c1nc(-c2n[nH]c3ccc(-c4cnccc4C)nc23)[nH]c1C.CC.CC. The van der Waals surface area contributed by atoms with Gasteiger partial charge in [0.15, 0.2) is 23.0 Å². The zero-order valence-corrected chi connectivity index (χ0v) is 55.1. The molecule has 5 N–H and O–H groups in total. The number of aryl methyl sites for hydroxylation is 5. The normalized spacial score (nSPS) is 13.6. The summed E-state index contributed by atoms with van der Waals surface area (Å²) in [5.74, 6) is 1.17. The van der Waals surface area contributed by atoms with E-state index in [-0.39, 0.29) is 11.6 Å². The van der Waals surface area contributed by atoms with E-state index in [0.717, 1.165) is 146 Å². The van der Waals surface area contributed by atoms with E-state index in [1.807, 2.05) is 103 Å². The van der Waals surface area contributed by atoms with Crippen molar-refractivity contribution < 1.29 is 8.78 Å². The summed E-state index contributed by atoms with van der Waals surface area (Å²) in [6.07, 6.45) is 24.0. The number of hydrogen-bond donors (Lipinski definition) is 5. The van der Waals surface area contributed by atoms with E-state index in [9.17, 15) is 8.78 Å². The highest BCUT2D eigenvalue weighted by molar-refractivity contribution is 5.92. The first-order valence-electron chi connectivity index (χ1n) is 32.6. The maximum absolute atomic E-state index is 15.0. The molecule has 0 saturated carbocycles. The Bertz CT molecular complexity index is 4200. The molecule has 2 aromatic carbocycles. The summed E-state index contributed by atoms with van der Waals surface area (Å²) in [6, 6.07) is 22.4. The maximum atomic E-state index is 15.0. The Morgan fingerprint density at radius 1 is 0.609 bits per heavy atom. The number of anilines is 1. The molecule has 10 aromatic rings. The van der Waals surface area contributed by atoms with Crippen molar-refractivity contribution in [2.75, 3.05) is 44.6 Å². The minimum absolute atomic E-state index is 0.247. The summed E-state index contributed by atoms with van der Waals surface area (Å²) < 4.78 is 29.8. The monoisotopic (exact) mass is 1240 g/mol. The lowest BCUT2D eigenvalue weighted by Crippen LogP contribution is -2.20. The fraction of sp³-hybridized carbons (Fsp3) is 0.333.